The van der Waals surface area contributed by atoms with E-state index in [1.54, 1.807) is 0 Å². The Morgan fingerprint density at radius 2 is 2.20 bits per heavy atom. The number of hydrogen-bond acceptors (Lipinski definition) is 2. The smallest absolute Gasteiger partial charge is 0.0351 e. The van der Waals surface area contributed by atoms with Crippen LogP contribution in [0.3, 0.4) is 0 Å². The summed E-state index contributed by atoms with van der Waals surface area (Å²) in [5.41, 5.74) is 1.20. The fourth-order valence-corrected chi connectivity index (χ4v) is 4.48. The van der Waals surface area contributed by atoms with Crippen molar-refractivity contribution in [2.24, 2.45) is 17.8 Å². The van der Waals surface area contributed by atoms with Crippen molar-refractivity contribution in [1.82, 2.24) is 4.90 Å². The number of likely N-dealkylation sites (N-methyl/N-ethyl adjacent to an activating group) is 1. The van der Waals surface area contributed by atoms with Crippen LogP contribution in [0.5, 0.6) is 0 Å². The highest BCUT2D eigenvalue weighted by atomic mass is 79.9. The summed E-state index contributed by atoms with van der Waals surface area (Å²) < 4.78 is 1.14. The molecule has 1 N–H and O–H groups in total. The van der Waals surface area contributed by atoms with Gasteiger partial charge in [0, 0.05) is 29.8 Å². The lowest BCUT2D eigenvalue weighted by atomic mass is 9.88. The Balaban J connectivity index is 1.38. The first kappa shape index (κ1) is 14.4. The Hall–Kier alpha value is -0.540. The lowest BCUT2D eigenvalue weighted by Gasteiger charge is -2.27. The van der Waals surface area contributed by atoms with E-state index >= 15 is 0 Å². The number of rotatable bonds is 6. The number of halogens is 1. The summed E-state index contributed by atoms with van der Waals surface area (Å²) >= 11 is 3.51. The SMILES string of the molecule is CN(CCNc1cccc(Br)c1)CC1CC2CCC1C2. The zero-order valence-electron chi connectivity index (χ0n) is 12.3. The van der Waals surface area contributed by atoms with E-state index in [1.807, 2.05) is 0 Å². The van der Waals surface area contributed by atoms with Crippen LogP contribution in [0.1, 0.15) is 25.7 Å². The topological polar surface area (TPSA) is 15.3 Å². The molecule has 1 aromatic rings. The van der Waals surface area contributed by atoms with Gasteiger partial charge in [0.2, 0.25) is 0 Å². The van der Waals surface area contributed by atoms with E-state index in [-0.39, 0.29) is 0 Å². The van der Waals surface area contributed by atoms with Crippen LogP contribution >= 0.6 is 15.9 Å². The molecule has 3 rings (SSSR count). The average Bonchev–Trinajstić information content (AvgIpc) is 3.01. The molecular formula is C17H25BrN2. The number of fused-ring (bicyclic) bond motifs is 2. The lowest BCUT2D eigenvalue weighted by Crippen LogP contribution is -2.32. The summed E-state index contributed by atoms with van der Waals surface area (Å²) in [6.45, 7) is 3.44. The number of nitrogens with zero attached hydrogens (tertiary/aromatic N) is 1. The van der Waals surface area contributed by atoms with Crippen molar-refractivity contribution >= 4 is 21.6 Å². The predicted octanol–water partition coefficient (Wildman–Crippen LogP) is 4.23. The van der Waals surface area contributed by atoms with Crippen molar-refractivity contribution in [1.29, 1.82) is 0 Å². The maximum absolute atomic E-state index is 3.51. The molecule has 3 atom stereocenters. The zero-order chi connectivity index (χ0) is 13.9. The van der Waals surface area contributed by atoms with E-state index in [1.165, 1.54) is 37.9 Å². The van der Waals surface area contributed by atoms with E-state index in [2.05, 4.69) is 57.5 Å². The van der Waals surface area contributed by atoms with Gasteiger partial charge in [0.05, 0.1) is 0 Å². The van der Waals surface area contributed by atoms with Gasteiger partial charge in [0.15, 0.2) is 0 Å². The van der Waals surface area contributed by atoms with Crippen molar-refractivity contribution in [2.75, 3.05) is 32.0 Å². The van der Waals surface area contributed by atoms with Gasteiger partial charge in [-0.25, -0.2) is 0 Å². The molecule has 20 heavy (non-hydrogen) atoms. The molecule has 0 radical (unpaired) electrons. The standard InChI is InChI=1S/C17H25BrN2/c1-20(12-15-10-13-5-6-14(15)9-13)8-7-19-17-4-2-3-16(18)11-17/h2-4,11,13-15,19H,5-10,12H2,1H3. The molecule has 2 bridgehead atoms. The first-order valence-corrected chi connectivity index (χ1v) is 8.68. The average molecular weight is 337 g/mol. The molecule has 2 aliphatic rings. The van der Waals surface area contributed by atoms with E-state index in [9.17, 15) is 0 Å². The second kappa shape index (κ2) is 6.48. The van der Waals surface area contributed by atoms with Gasteiger partial charge in [-0.2, -0.15) is 0 Å². The van der Waals surface area contributed by atoms with Gasteiger partial charge in [-0.3, -0.25) is 0 Å². The minimum Gasteiger partial charge on any atom is -0.384 e. The highest BCUT2D eigenvalue weighted by molar-refractivity contribution is 9.10. The van der Waals surface area contributed by atoms with E-state index in [0.29, 0.717) is 0 Å². The van der Waals surface area contributed by atoms with E-state index < -0.39 is 0 Å². The van der Waals surface area contributed by atoms with Gasteiger partial charge < -0.3 is 10.2 Å². The predicted molar refractivity (Wildman–Crippen MR) is 89.1 cm³/mol. The highest BCUT2D eigenvalue weighted by Gasteiger charge is 2.39. The van der Waals surface area contributed by atoms with Crippen LogP contribution in [0.15, 0.2) is 28.7 Å². The third-order valence-electron chi connectivity index (χ3n) is 5.08. The molecule has 2 fully saturated rings. The van der Waals surface area contributed by atoms with E-state index in [0.717, 1.165) is 35.3 Å². The fraction of sp³-hybridized carbons (Fsp3) is 0.647. The van der Waals surface area contributed by atoms with Gasteiger partial charge in [0.1, 0.15) is 0 Å². The molecule has 2 aliphatic carbocycles. The van der Waals surface area contributed by atoms with Crippen LogP contribution in [-0.2, 0) is 0 Å². The second-order valence-electron chi connectivity index (χ2n) is 6.63. The highest BCUT2D eigenvalue weighted by Crippen LogP contribution is 2.48. The van der Waals surface area contributed by atoms with Crippen molar-refractivity contribution in [3.05, 3.63) is 28.7 Å². The zero-order valence-corrected chi connectivity index (χ0v) is 13.9. The number of benzene rings is 1. The normalized spacial score (nSPS) is 28.2. The molecular weight excluding hydrogens is 312 g/mol. The number of anilines is 1. The molecule has 0 saturated heterocycles. The lowest BCUT2D eigenvalue weighted by molar-refractivity contribution is 0.225. The van der Waals surface area contributed by atoms with Crippen LogP contribution in [-0.4, -0.2) is 31.6 Å². The second-order valence-corrected chi connectivity index (χ2v) is 7.55. The number of nitrogens with one attached hydrogen (secondary N) is 1. The molecule has 0 aromatic heterocycles. The molecule has 3 unspecified atom stereocenters. The van der Waals surface area contributed by atoms with Crippen molar-refractivity contribution in [3.8, 4) is 0 Å². The van der Waals surface area contributed by atoms with Crippen LogP contribution in [0.4, 0.5) is 5.69 Å². The molecule has 0 aliphatic heterocycles. The Morgan fingerprint density at radius 1 is 1.30 bits per heavy atom. The molecule has 3 heteroatoms. The largest absolute Gasteiger partial charge is 0.384 e. The molecule has 1 aromatic carbocycles. The monoisotopic (exact) mass is 336 g/mol. The quantitative estimate of drug-likeness (QED) is 0.836. The molecule has 0 heterocycles. The van der Waals surface area contributed by atoms with Crippen LogP contribution < -0.4 is 5.32 Å². The van der Waals surface area contributed by atoms with E-state index in [4.69, 9.17) is 0 Å². The summed E-state index contributed by atoms with van der Waals surface area (Å²) in [5, 5.41) is 3.50. The summed E-state index contributed by atoms with van der Waals surface area (Å²) in [6.07, 6.45) is 6.03. The van der Waals surface area contributed by atoms with Gasteiger partial charge in [-0.1, -0.05) is 28.4 Å². The van der Waals surface area contributed by atoms with Crippen LogP contribution in [0.25, 0.3) is 0 Å². The van der Waals surface area contributed by atoms with Gasteiger partial charge in [-0.05, 0) is 62.3 Å². The maximum atomic E-state index is 3.51. The Bertz CT molecular complexity index is 448. The van der Waals surface area contributed by atoms with Gasteiger partial charge >= 0.3 is 0 Å². The third kappa shape index (κ3) is 3.56. The molecule has 0 amide bonds. The Morgan fingerprint density at radius 3 is 2.90 bits per heavy atom. The van der Waals surface area contributed by atoms with Crippen molar-refractivity contribution in [2.45, 2.75) is 25.7 Å². The fourth-order valence-electron chi connectivity index (χ4n) is 4.08. The van der Waals surface area contributed by atoms with Crippen molar-refractivity contribution in [3.63, 3.8) is 0 Å². The molecule has 0 spiro atoms. The van der Waals surface area contributed by atoms with Gasteiger partial charge in [-0.15, -0.1) is 0 Å². The van der Waals surface area contributed by atoms with Gasteiger partial charge in [0.25, 0.3) is 0 Å². The summed E-state index contributed by atoms with van der Waals surface area (Å²) in [6, 6.07) is 8.40. The molecule has 2 nitrogen and oxygen atoms in total. The summed E-state index contributed by atoms with van der Waals surface area (Å²) in [5.74, 6) is 3.09. The Labute approximate surface area is 131 Å². The van der Waals surface area contributed by atoms with Crippen LogP contribution in [0, 0.1) is 17.8 Å². The number of hydrogen-bond donors (Lipinski definition) is 1. The first-order valence-electron chi connectivity index (χ1n) is 7.88. The first-order chi connectivity index (χ1) is 9.70. The summed E-state index contributed by atoms with van der Waals surface area (Å²) in [4.78, 5) is 2.51. The van der Waals surface area contributed by atoms with Crippen LogP contribution in [0.2, 0.25) is 0 Å². The van der Waals surface area contributed by atoms with Crippen molar-refractivity contribution < 1.29 is 0 Å². The third-order valence-corrected chi connectivity index (χ3v) is 5.57. The summed E-state index contributed by atoms with van der Waals surface area (Å²) in [7, 11) is 2.27. The maximum Gasteiger partial charge on any atom is 0.0351 e. The molecule has 2 saturated carbocycles. The minimum atomic E-state index is 0.976. The molecule has 110 valence electrons. The minimum absolute atomic E-state index is 0.976. The Kier molecular flexibility index (Phi) is 4.67.